The van der Waals surface area contributed by atoms with E-state index in [4.69, 9.17) is 4.74 Å². The van der Waals surface area contributed by atoms with Crippen molar-refractivity contribution in [2.45, 2.75) is 6.54 Å². The Kier molecular flexibility index (Phi) is 5.90. The van der Waals surface area contributed by atoms with Crippen LogP contribution in [0.3, 0.4) is 0 Å². The van der Waals surface area contributed by atoms with Crippen molar-refractivity contribution in [3.05, 3.63) is 47.8 Å². The number of nitrogens with one attached hydrogen (secondary N) is 2. The van der Waals surface area contributed by atoms with Gasteiger partial charge in [-0.05, 0) is 18.2 Å². The van der Waals surface area contributed by atoms with E-state index >= 15 is 0 Å². The molecule has 1 heterocycles. The van der Waals surface area contributed by atoms with Crippen molar-refractivity contribution in [1.82, 2.24) is 20.4 Å². The second kappa shape index (κ2) is 8.11. The van der Waals surface area contributed by atoms with Crippen LogP contribution in [0.25, 0.3) is 0 Å². The molecule has 23 heavy (non-hydrogen) atoms. The quantitative estimate of drug-likeness (QED) is 0.480. The first-order chi connectivity index (χ1) is 11.1. The van der Waals surface area contributed by atoms with Gasteiger partial charge in [0.1, 0.15) is 12.4 Å². The molecule has 2 rings (SSSR count). The summed E-state index contributed by atoms with van der Waals surface area (Å²) in [7, 11) is 3.53. The number of ether oxygens (including phenoxy) is 1. The number of nitrogens with zero attached hydrogens (tertiary/aromatic N) is 3. The molecule has 124 valence electrons. The molecule has 6 nitrogen and oxygen atoms in total. The third kappa shape index (κ3) is 4.94. The summed E-state index contributed by atoms with van der Waals surface area (Å²) in [6.07, 6.45) is 1.73. The highest BCUT2D eigenvalue weighted by molar-refractivity contribution is 5.79. The van der Waals surface area contributed by atoms with Gasteiger partial charge in [-0.15, -0.1) is 0 Å². The number of hydrogen-bond donors (Lipinski definition) is 2. The second-order valence-electron chi connectivity index (χ2n) is 4.72. The average Bonchev–Trinajstić information content (AvgIpc) is 2.95. The van der Waals surface area contributed by atoms with Crippen LogP contribution in [-0.4, -0.2) is 35.9 Å². The molecule has 0 amide bonds. The van der Waals surface area contributed by atoms with E-state index in [0.717, 1.165) is 17.8 Å². The van der Waals surface area contributed by atoms with Gasteiger partial charge in [-0.25, -0.2) is 8.78 Å². The topological polar surface area (TPSA) is 63.5 Å². The van der Waals surface area contributed by atoms with Crippen LogP contribution >= 0.6 is 0 Å². The Hall–Kier alpha value is -2.64. The first-order valence-corrected chi connectivity index (χ1v) is 7.09. The van der Waals surface area contributed by atoms with Crippen LogP contribution in [0.1, 0.15) is 5.69 Å². The number of benzene rings is 1. The smallest absolute Gasteiger partial charge is 0.191 e. The number of aryl methyl sites for hydroxylation is 1. The van der Waals surface area contributed by atoms with Gasteiger partial charge in [0.15, 0.2) is 17.6 Å². The summed E-state index contributed by atoms with van der Waals surface area (Å²) in [5, 5.41) is 10.3. The van der Waals surface area contributed by atoms with Crippen molar-refractivity contribution in [2.24, 2.45) is 12.0 Å². The van der Waals surface area contributed by atoms with Crippen LogP contribution in [0.2, 0.25) is 0 Å². The van der Waals surface area contributed by atoms with Gasteiger partial charge in [0.25, 0.3) is 0 Å². The molecular weight excluding hydrogens is 304 g/mol. The number of halogens is 2. The van der Waals surface area contributed by atoms with Crippen molar-refractivity contribution in [3.63, 3.8) is 0 Å². The molecule has 8 heteroatoms. The van der Waals surface area contributed by atoms with E-state index in [1.807, 2.05) is 13.1 Å². The summed E-state index contributed by atoms with van der Waals surface area (Å²) in [5.74, 6) is -0.928. The van der Waals surface area contributed by atoms with E-state index in [1.165, 1.54) is 6.07 Å². The molecule has 0 fully saturated rings. The predicted octanol–water partition coefficient (Wildman–Crippen LogP) is 1.44. The van der Waals surface area contributed by atoms with Crippen molar-refractivity contribution >= 4 is 5.96 Å². The summed E-state index contributed by atoms with van der Waals surface area (Å²) >= 11 is 0. The summed E-state index contributed by atoms with van der Waals surface area (Å²) in [4.78, 5) is 4.09. The van der Waals surface area contributed by atoms with Crippen LogP contribution in [0.15, 0.2) is 35.5 Å². The zero-order valence-corrected chi connectivity index (χ0v) is 13.0. The zero-order valence-electron chi connectivity index (χ0n) is 13.0. The van der Waals surface area contributed by atoms with E-state index in [0.29, 0.717) is 19.0 Å². The zero-order chi connectivity index (χ0) is 16.7. The van der Waals surface area contributed by atoms with Crippen LogP contribution < -0.4 is 15.4 Å². The molecule has 0 saturated heterocycles. The van der Waals surface area contributed by atoms with E-state index in [-0.39, 0.29) is 12.4 Å². The molecule has 0 unspecified atom stereocenters. The van der Waals surface area contributed by atoms with Gasteiger partial charge < -0.3 is 15.4 Å². The molecular formula is C15H19F2N5O. The number of rotatable bonds is 6. The minimum Gasteiger partial charge on any atom is -0.492 e. The molecule has 0 atom stereocenters. The Morgan fingerprint density at radius 3 is 2.74 bits per heavy atom. The third-order valence-corrected chi connectivity index (χ3v) is 3.14. The fourth-order valence-corrected chi connectivity index (χ4v) is 1.87. The Morgan fingerprint density at radius 2 is 2.09 bits per heavy atom. The summed E-state index contributed by atoms with van der Waals surface area (Å²) in [5.41, 5.74) is 1.02. The molecule has 0 saturated carbocycles. The minimum absolute atomic E-state index is 0.281. The monoisotopic (exact) mass is 323 g/mol. The van der Waals surface area contributed by atoms with Crippen LogP contribution in [0.4, 0.5) is 8.78 Å². The molecule has 1 aromatic heterocycles. The Morgan fingerprint density at radius 1 is 1.26 bits per heavy atom. The maximum atomic E-state index is 13.0. The lowest BCUT2D eigenvalue weighted by Crippen LogP contribution is -2.39. The molecule has 1 aromatic carbocycles. The van der Waals surface area contributed by atoms with E-state index in [9.17, 15) is 8.78 Å². The third-order valence-electron chi connectivity index (χ3n) is 3.14. The summed E-state index contributed by atoms with van der Waals surface area (Å²) in [6, 6.07) is 5.34. The van der Waals surface area contributed by atoms with E-state index in [1.54, 1.807) is 17.9 Å². The standard InChI is InChI=1S/C15H19F2N5O/c1-18-15(20-10-11-5-6-21-22(11)2)19-7-8-23-12-3-4-13(16)14(17)9-12/h3-6,9H,7-8,10H2,1-2H3,(H2,18,19,20). The Labute approximate surface area is 133 Å². The van der Waals surface area contributed by atoms with Gasteiger partial charge in [0.05, 0.1) is 18.8 Å². The van der Waals surface area contributed by atoms with Gasteiger partial charge in [0, 0.05) is 26.4 Å². The van der Waals surface area contributed by atoms with Gasteiger partial charge in [-0.2, -0.15) is 5.10 Å². The second-order valence-corrected chi connectivity index (χ2v) is 4.72. The average molecular weight is 323 g/mol. The van der Waals surface area contributed by atoms with E-state index in [2.05, 4.69) is 20.7 Å². The molecule has 0 aliphatic carbocycles. The van der Waals surface area contributed by atoms with Crippen molar-refractivity contribution in [3.8, 4) is 5.75 Å². The highest BCUT2D eigenvalue weighted by atomic mass is 19.2. The molecule has 0 aliphatic rings. The van der Waals surface area contributed by atoms with Gasteiger partial charge in [-0.3, -0.25) is 9.67 Å². The van der Waals surface area contributed by atoms with Crippen molar-refractivity contribution < 1.29 is 13.5 Å². The predicted molar refractivity (Wildman–Crippen MR) is 83.3 cm³/mol. The fraction of sp³-hybridized carbons (Fsp3) is 0.333. The lowest BCUT2D eigenvalue weighted by molar-refractivity contribution is 0.318. The lowest BCUT2D eigenvalue weighted by Gasteiger charge is -2.12. The van der Waals surface area contributed by atoms with Crippen LogP contribution in [-0.2, 0) is 13.6 Å². The SMILES string of the molecule is CN=C(NCCOc1ccc(F)c(F)c1)NCc1ccnn1C. The molecule has 0 spiro atoms. The number of aliphatic imine (C=N–C) groups is 1. The van der Waals surface area contributed by atoms with Gasteiger partial charge in [0.2, 0.25) is 0 Å². The van der Waals surface area contributed by atoms with Gasteiger partial charge >= 0.3 is 0 Å². The molecule has 0 bridgehead atoms. The van der Waals surface area contributed by atoms with Crippen molar-refractivity contribution in [1.29, 1.82) is 0 Å². The van der Waals surface area contributed by atoms with Crippen LogP contribution in [0, 0.1) is 11.6 Å². The number of guanidine groups is 1. The van der Waals surface area contributed by atoms with E-state index < -0.39 is 11.6 Å². The molecule has 2 N–H and O–H groups in total. The maximum absolute atomic E-state index is 13.0. The first kappa shape index (κ1) is 16.7. The maximum Gasteiger partial charge on any atom is 0.191 e. The first-order valence-electron chi connectivity index (χ1n) is 7.09. The number of hydrogen-bond acceptors (Lipinski definition) is 3. The Balaban J connectivity index is 1.71. The number of aromatic nitrogens is 2. The molecule has 2 aromatic rings. The summed E-state index contributed by atoms with van der Waals surface area (Å²) < 4.78 is 32.9. The van der Waals surface area contributed by atoms with Crippen LogP contribution in [0.5, 0.6) is 5.75 Å². The highest BCUT2D eigenvalue weighted by Crippen LogP contribution is 2.14. The normalized spacial score (nSPS) is 11.4. The molecule has 0 radical (unpaired) electrons. The Bertz CT molecular complexity index is 672. The minimum atomic E-state index is -0.927. The summed E-state index contributed by atoms with van der Waals surface area (Å²) in [6.45, 7) is 1.34. The largest absolute Gasteiger partial charge is 0.492 e. The fourth-order valence-electron chi connectivity index (χ4n) is 1.87. The molecule has 0 aliphatic heterocycles. The lowest BCUT2D eigenvalue weighted by atomic mass is 10.3. The highest BCUT2D eigenvalue weighted by Gasteiger charge is 2.04. The van der Waals surface area contributed by atoms with Gasteiger partial charge in [-0.1, -0.05) is 0 Å². The van der Waals surface area contributed by atoms with Crippen molar-refractivity contribution in [2.75, 3.05) is 20.2 Å².